The maximum absolute atomic E-state index is 12.3. The highest BCUT2D eigenvalue weighted by molar-refractivity contribution is 6.30. The van der Waals surface area contributed by atoms with Crippen LogP contribution in [0.5, 0.6) is 0 Å². The Kier molecular flexibility index (Phi) is 3.72. The molecule has 0 unspecified atom stereocenters. The molecule has 0 aliphatic carbocycles. The van der Waals surface area contributed by atoms with E-state index in [1.165, 1.54) is 6.42 Å². The second-order valence-electron chi connectivity index (χ2n) is 5.17. The maximum Gasteiger partial charge on any atom is 0.253 e. The highest BCUT2D eigenvalue weighted by Gasteiger charge is 2.25. The van der Waals surface area contributed by atoms with Gasteiger partial charge in [0.15, 0.2) is 0 Å². The van der Waals surface area contributed by atoms with Gasteiger partial charge in [0.1, 0.15) is 0 Å². The molecule has 1 amide bonds. The van der Waals surface area contributed by atoms with Crippen molar-refractivity contribution in [3.05, 3.63) is 34.9 Å². The summed E-state index contributed by atoms with van der Waals surface area (Å²) in [6, 6.07) is 7.19. The third-order valence-electron chi connectivity index (χ3n) is 3.23. The van der Waals surface area contributed by atoms with Crippen molar-refractivity contribution in [2.75, 3.05) is 13.1 Å². The van der Waals surface area contributed by atoms with Crippen LogP contribution in [-0.4, -0.2) is 23.9 Å². The molecule has 0 N–H and O–H groups in total. The van der Waals surface area contributed by atoms with Crippen molar-refractivity contribution in [1.29, 1.82) is 0 Å². The summed E-state index contributed by atoms with van der Waals surface area (Å²) in [7, 11) is 0. The summed E-state index contributed by atoms with van der Waals surface area (Å²) in [5, 5.41) is 0.619. The summed E-state index contributed by atoms with van der Waals surface area (Å²) in [5.74, 6) is 1.27. The normalized spacial score (nSPS) is 24.8. The summed E-state index contributed by atoms with van der Waals surface area (Å²) in [6.45, 7) is 6.12. The fraction of sp³-hybridized carbons (Fsp3) is 0.500. The Hall–Kier alpha value is -1.02. The van der Waals surface area contributed by atoms with Crippen LogP contribution in [0.4, 0.5) is 0 Å². The topological polar surface area (TPSA) is 20.3 Å². The molecule has 3 heteroatoms. The van der Waals surface area contributed by atoms with E-state index in [1.54, 1.807) is 12.1 Å². The van der Waals surface area contributed by atoms with Gasteiger partial charge in [-0.3, -0.25) is 4.79 Å². The molecule has 92 valence electrons. The molecule has 1 aromatic carbocycles. The molecule has 2 rings (SSSR count). The maximum atomic E-state index is 12.3. The Labute approximate surface area is 108 Å². The molecule has 1 aliphatic heterocycles. The lowest BCUT2D eigenvalue weighted by Gasteiger charge is -2.35. The standard InChI is InChI=1S/C14H18ClNO/c1-10-6-11(2)9-16(8-10)14(17)12-4-3-5-13(15)7-12/h3-5,7,10-11H,6,8-9H2,1-2H3/t10-,11+. The molecule has 1 fully saturated rings. The zero-order valence-corrected chi connectivity index (χ0v) is 11.1. The molecule has 0 aromatic heterocycles. The van der Waals surface area contributed by atoms with E-state index in [4.69, 9.17) is 11.6 Å². The highest BCUT2D eigenvalue weighted by atomic mass is 35.5. The minimum atomic E-state index is 0.103. The van der Waals surface area contributed by atoms with E-state index in [0.717, 1.165) is 13.1 Å². The number of hydrogen-bond donors (Lipinski definition) is 0. The van der Waals surface area contributed by atoms with Crippen molar-refractivity contribution >= 4 is 17.5 Å². The summed E-state index contributed by atoms with van der Waals surface area (Å²) >= 11 is 5.91. The van der Waals surface area contributed by atoms with Gasteiger partial charge in [0, 0.05) is 23.7 Å². The van der Waals surface area contributed by atoms with E-state index in [-0.39, 0.29) is 5.91 Å². The fourth-order valence-corrected chi connectivity index (χ4v) is 2.82. The average Bonchev–Trinajstić information content (AvgIpc) is 2.26. The van der Waals surface area contributed by atoms with Gasteiger partial charge in [0.2, 0.25) is 0 Å². The first kappa shape index (κ1) is 12.4. The van der Waals surface area contributed by atoms with Gasteiger partial charge in [-0.05, 0) is 36.5 Å². The molecule has 0 saturated carbocycles. The zero-order chi connectivity index (χ0) is 12.4. The number of nitrogens with zero attached hydrogens (tertiary/aromatic N) is 1. The molecular weight excluding hydrogens is 234 g/mol. The molecule has 1 heterocycles. The third-order valence-corrected chi connectivity index (χ3v) is 3.46. The van der Waals surface area contributed by atoms with E-state index < -0.39 is 0 Å². The summed E-state index contributed by atoms with van der Waals surface area (Å²) in [5.41, 5.74) is 0.693. The van der Waals surface area contributed by atoms with E-state index in [9.17, 15) is 4.79 Å². The molecular formula is C14H18ClNO. The average molecular weight is 252 g/mol. The monoisotopic (exact) mass is 251 g/mol. The summed E-state index contributed by atoms with van der Waals surface area (Å²) in [6.07, 6.45) is 1.21. The van der Waals surface area contributed by atoms with Gasteiger partial charge in [0.25, 0.3) is 5.91 Å². The van der Waals surface area contributed by atoms with Crippen LogP contribution in [0.3, 0.4) is 0 Å². The molecule has 2 atom stereocenters. The second kappa shape index (κ2) is 5.09. The van der Waals surface area contributed by atoms with Crippen LogP contribution in [0.1, 0.15) is 30.6 Å². The van der Waals surface area contributed by atoms with Crippen LogP contribution in [-0.2, 0) is 0 Å². The molecule has 1 aromatic rings. The third kappa shape index (κ3) is 3.01. The van der Waals surface area contributed by atoms with Crippen molar-refractivity contribution in [3.63, 3.8) is 0 Å². The Morgan fingerprint density at radius 2 is 1.94 bits per heavy atom. The van der Waals surface area contributed by atoms with Crippen LogP contribution in [0.15, 0.2) is 24.3 Å². The van der Waals surface area contributed by atoms with Gasteiger partial charge in [-0.1, -0.05) is 31.5 Å². The lowest BCUT2D eigenvalue weighted by Crippen LogP contribution is -2.42. The zero-order valence-electron chi connectivity index (χ0n) is 10.3. The van der Waals surface area contributed by atoms with Gasteiger partial charge in [-0.2, -0.15) is 0 Å². The number of amides is 1. The van der Waals surface area contributed by atoms with E-state index in [0.29, 0.717) is 22.4 Å². The van der Waals surface area contributed by atoms with Crippen molar-refractivity contribution in [2.24, 2.45) is 11.8 Å². The molecule has 0 spiro atoms. The fourth-order valence-electron chi connectivity index (χ4n) is 2.63. The quantitative estimate of drug-likeness (QED) is 0.749. The lowest BCUT2D eigenvalue weighted by atomic mass is 9.91. The molecule has 17 heavy (non-hydrogen) atoms. The van der Waals surface area contributed by atoms with Crippen LogP contribution in [0.25, 0.3) is 0 Å². The van der Waals surface area contributed by atoms with Crippen LogP contribution < -0.4 is 0 Å². The smallest absolute Gasteiger partial charge is 0.253 e. The Morgan fingerprint density at radius 3 is 2.53 bits per heavy atom. The Balaban J connectivity index is 2.14. The number of carbonyl (C=O) groups is 1. The van der Waals surface area contributed by atoms with Crippen LogP contribution in [0, 0.1) is 11.8 Å². The van der Waals surface area contributed by atoms with E-state index in [1.807, 2.05) is 17.0 Å². The van der Waals surface area contributed by atoms with Crippen LogP contribution >= 0.6 is 11.6 Å². The highest BCUT2D eigenvalue weighted by Crippen LogP contribution is 2.23. The first-order valence-corrected chi connectivity index (χ1v) is 6.49. The van der Waals surface area contributed by atoms with Gasteiger partial charge >= 0.3 is 0 Å². The predicted octanol–water partition coefficient (Wildman–Crippen LogP) is 3.46. The number of benzene rings is 1. The minimum absolute atomic E-state index is 0.103. The van der Waals surface area contributed by atoms with Crippen LogP contribution in [0.2, 0.25) is 5.02 Å². The lowest BCUT2D eigenvalue weighted by molar-refractivity contribution is 0.0623. The molecule has 0 radical (unpaired) electrons. The largest absolute Gasteiger partial charge is 0.338 e. The summed E-state index contributed by atoms with van der Waals surface area (Å²) < 4.78 is 0. The Bertz CT molecular complexity index is 408. The van der Waals surface area contributed by atoms with E-state index >= 15 is 0 Å². The number of rotatable bonds is 1. The number of piperidine rings is 1. The number of halogens is 1. The van der Waals surface area contributed by atoms with Gasteiger partial charge < -0.3 is 4.90 Å². The van der Waals surface area contributed by atoms with Gasteiger partial charge in [-0.15, -0.1) is 0 Å². The van der Waals surface area contributed by atoms with Gasteiger partial charge in [-0.25, -0.2) is 0 Å². The number of hydrogen-bond acceptors (Lipinski definition) is 1. The number of carbonyl (C=O) groups excluding carboxylic acids is 1. The second-order valence-corrected chi connectivity index (χ2v) is 5.60. The van der Waals surface area contributed by atoms with E-state index in [2.05, 4.69) is 13.8 Å². The van der Waals surface area contributed by atoms with Crippen molar-refractivity contribution in [1.82, 2.24) is 4.90 Å². The predicted molar refractivity (Wildman–Crippen MR) is 70.3 cm³/mol. The first-order chi connectivity index (χ1) is 8.06. The molecule has 0 bridgehead atoms. The van der Waals surface area contributed by atoms with Crippen molar-refractivity contribution < 1.29 is 4.79 Å². The molecule has 1 aliphatic rings. The van der Waals surface area contributed by atoms with Gasteiger partial charge in [0.05, 0.1) is 0 Å². The molecule has 1 saturated heterocycles. The molecule has 2 nitrogen and oxygen atoms in total. The van der Waals surface area contributed by atoms with Crippen molar-refractivity contribution in [3.8, 4) is 0 Å². The summed E-state index contributed by atoms with van der Waals surface area (Å²) in [4.78, 5) is 14.3. The SMILES string of the molecule is C[C@@H]1C[C@H](C)CN(C(=O)c2cccc(Cl)c2)C1. The minimum Gasteiger partial charge on any atom is -0.338 e. The Morgan fingerprint density at radius 1 is 1.29 bits per heavy atom. The first-order valence-electron chi connectivity index (χ1n) is 6.11. The number of likely N-dealkylation sites (tertiary alicyclic amines) is 1. The van der Waals surface area contributed by atoms with Crippen molar-refractivity contribution in [2.45, 2.75) is 20.3 Å².